The Morgan fingerprint density at radius 3 is 2.48 bits per heavy atom. The highest BCUT2D eigenvalue weighted by atomic mass is 32.2. The third-order valence-corrected chi connectivity index (χ3v) is 3.61. The summed E-state index contributed by atoms with van der Waals surface area (Å²) in [6.07, 6.45) is 0. The lowest BCUT2D eigenvalue weighted by atomic mass is 10.2. The minimum Gasteiger partial charge on any atom is -0.507 e. The third-order valence-electron chi connectivity index (χ3n) is 2.65. The third kappa shape index (κ3) is 3.36. The topological polar surface area (TPSA) is 109 Å². The Morgan fingerprint density at radius 2 is 1.86 bits per heavy atom. The van der Waals surface area contributed by atoms with E-state index in [0.29, 0.717) is 0 Å². The maximum Gasteiger partial charge on any atom is 0.259 e. The average Bonchev–Trinajstić information content (AvgIpc) is 2.37. The zero-order valence-electron chi connectivity index (χ0n) is 10.6. The van der Waals surface area contributed by atoms with Gasteiger partial charge in [-0.25, -0.2) is 17.9 Å². The van der Waals surface area contributed by atoms with Gasteiger partial charge in [-0.1, -0.05) is 12.1 Å². The van der Waals surface area contributed by atoms with Gasteiger partial charge in [0.25, 0.3) is 5.91 Å². The SMILES string of the molecule is NS(=O)(=O)c1ccc(F)cc1NC(=O)c1ccccc1O. The Morgan fingerprint density at radius 1 is 1.19 bits per heavy atom. The number of amides is 1. The van der Waals surface area contributed by atoms with Crippen molar-refractivity contribution in [2.24, 2.45) is 5.14 Å². The van der Waals surface area contributed by atoms with Crippen LogP contribution in [0, 0.1) is 5.82 Å². The van der Waals surface area contributed by atoms with Gasteiger partial charge in [-0.15, -0.1) is 0 Å². The number of phenols is 1. The molecule has 0 saturated heterocycles. The van der Waals surface area contributed by atoms with Gasteiger partial charge in [-0.3, -0.25) is 4.79 Å². The number of anilines is 1. The predicted octanol–water partition coefficient (Wildman–Crippen LogP) is 1.43. The summed E-state index contributed by atoms with van der Waals surface area (Å²) in [5.74, 6) is -1.82. The summed E-state index contributed by atoms with van der Waals surface area (Å²) < 4.78 is 36.0. The summed E-state index contributed by atoms with van der Waals surface area (Å²) in [5, 5.41) is 16.8. The van der Waals surface area contributed by atoms with Gasteiger partial charge in [0.2, 0.25) is 10.0 Å². The standard InChI is InChI=1S/C13H11FN2O4S/c14-8-5-6-12(21(15,19)20)10(7-8)16-13(18)9-3-1-2-4-11(9)17/h1-7,17H,(H,16,18)(H2,15,19,20). The molecule has 0 atom stereocenters. The van der Waals surface area contributed by atoms with E-state index >= 15 is 0 Å². The van der Waals surface area contributed by atoms with E-state index < -0.39 is 26.6 Å². The van der Waals surface area contributed by atoms with Crippen molar-refractivity contribution in [2.45, 2.75) is 4.90 Å². The van der Waals surface area contributed by atoms with E-state index in [-0.39, 0.29) is 17.0 Å². The van der Waals surface area contributed by atoms with E-state index in [1.807, 2.05) is 0 Å². The quantitative estimate of drug-likeness (QED) is 0.796. The molecule has 0 fully saturated rings. The smallest absolute Gasteiger partial charge is 0.259 e. The summed E-state index contributed by atoms with van der Waals surface area (Å²) in [6.45, 7) is 0. The van der Waals surface area contributed by atoms with Crippen LogP contribution >= 0.6 is 0 Å². The highest BCUT2D eigenvalue weighted by molar-refractivity contribution is 7.89. The molecule has 0 heterocycles. The molecule has 0 spiro atoms. The molecular formula is C13H11FN2O4S. The van der Waals surface area contributed by atoms with Gasteiger partial charge in [-0.05, 0) is 30.3 Å². The summed E-state index contributed by atoms with van der Waals surface area (Å²) >= 11 is 0. The molecule has 21 heavy (non-hydrogen) atoms. The van der Waals surface area contributed by atoms with E-state index in [9.17, 15) is 22.7 Å². The van der Waals surface area contributed by atoms with Crippen molar-refractivity contribution in [3.63, 3.8) is 0 Å². The number of hydrogen-bond donors (Lipinski definition) is 3. The minimum absolute atomic E-state index is 0.0814. The van der Waals surface area contributed by atoms with Crippen LogP contribution in [0.1, 0.15) is 10.4 Å². The molecule has 0 saturated carbocycles. The van der Waals surface area contributed by atoms with Crippen LogP contribution < -0.4 is 10.5 Å². The molecule has 0 aliphatic rings. The summed E-state index contributed by atoms with van der Waals surface area (Å²) in [4.78, 5) is 11.6. The molecule has 8 heteroatoms. The fraction of sp³-hybridized carbons (Fsp3) is 0. The Bertz CT molecular complexity index is 806. The van der Waals surface area contributed by atoms with Crippen LogP contribution in [0.2, 0.25) is 0 Å². The molecule has 0 unspecified atom stereocenters. The molecule has 4 N–H and O–H groups in total. The largest absolute Gasteiger partial charge is 0.507 e. The summed E-state index contributed by atoms with van der Waals surface area (Å²) in [5.41, 5.74) is -0.382. The molecule has 110 valence electrons. The van der Waals surface area contributed by atoms with Crippen molar-refractivity contribution in [2.75, 3.05) is 5.32 Å². The zero-order valence-corrected chi connectivity index (χ0v) is 11.4. The number of nitrogens with one attached hydrogen (secondary N) is 1. The average molecular weight is 310 g/mol. The second-order valence-electron chi connectivity index (χ2n) is 4.16. The van der Waals surface area contributed by atoms with Crippen LogP contribution in [0.4, 0.5) is 10.1 Å². The van der Waals surface area contributed by atoms with E-state index in [1.165, 1.54) is 24.3 Å². The van der Waals surface area contributed by atoms with Crippen molar-refractivity contribution in [3.8, 4) is 5.75 Å². The molecule has 2 aromatic carbocycles. The highest BCUT2D eigenvalue weighted by Crippen LogP contribution is 2.23. The molecule has 0 aliphatic heterocycles. The normalized spacial score (nSPS) is 11.1. The number of halogens is 1. The van der Waals surface area contributed by atoms with E-state index in [0.717, 1.165) is 18.2 Å². The number of benzene rings is 2. The molecule has 0 bridgehead atoms. The Balaban J connectivity index is 2.43. The van der Waals surface area contributed by atoms with Gasteiger partial charge < -0.3 is 10.4 Å². The Kier molecular flexibility index (Phi) is 3.92. The van der Waals surface area contributed by atoms with Crippen LogP contribution in [0.25, 0.3) is 0 Å². The van der Waals surface area contributed by atoms with Gasteiger partial charge in [0.05, 0.1) is 11.3 Å². The van der Waals surface area contributed by atoms with Gasteiger partial charge in [0.15, 0.2) is 0 Å². The number of phenolic OH excluding ortho intramolecular Hbond substituents is 1. The first kappa shape index (κ1) is 14.9. The molecule has 6 nitrogen and oxygen atoms in total. The Hall–Kier alpha value is -2.45. The van der Waals surface area contributed by atoms with Gasteiger partial charge in [0.1, 0.15) is 16.5 Å². The van der Waals surface area contributed by atoms with E-state index in [1.54, 1.807) is 0 Å². The van der Waals surface area contributed by atoms with Crippen LogP contribution in [-0.2, 0) is 10.0 Å². The van der Waals surface area contributed by atoms with Crippen LogP contribution in [0.3, 0.4) is 0 Å². The number of para-hydroxylation sites is 1. The number of rotatable bonds is 3. The second-order valence-corrected chi connectivity index (χ2v) is 5.69. The fourth-order valence-electron chi connectivity index (χ4n) is 1.70. The van der Waals surface area contributed by atoms with Crippen molar-refractivity contribution >= 4 is 21.6 Å². The number of aromatic hydroxyl groups is 1. The molecule has 2 aromatic rings. The molecule has 0 radical (unpaired) electrons. The second kappa shape index (κ2) is 5.51. The first-order chi connectivity index (χ1) is 9.79. The predicted molar refractivity (Wildman–Crippen MR) is 73.8 cm³/mol. The van der Waals surface area contributed by atoms with Gasteiger partial charge >= 0.3 is 0 Å². The maximum atomic E-state index is 13.2. The number of nitrogens with two attached hydrogens (primary N) is 1. The number of hydrogen-bond acceptors (Lipinski definition) is 4. The lowest BCUT2D eigenvalue weighted by Crippen LogP contribution is -2.18. The van der Waals surface area contributed by atoms with E-state index in [2.05, 4.69) is 5.32 Å². The zero-order chi connectivity index (χ0) is 15.6. The molecule has 2 rings (SSSR count). The molecular weight excluding hydrogens is 299 g/mol. The molecule has 0 aliphatic carbocycles. The minimum atomic E-state index is -4.13. The number of carbonyl (C=O) groups excluding carboxylic acids is 1. The first-order valence-corrected chi connectivity index (χ1v) is 7.25. The Labute approximate surface area is 120 Å². The van der Waals surface area contributed by atoms with Crippen molar-refractivity contribution in [1.82, 2.24) is 0 Å². The number of sulfonamides is 1. The van der Waals surface area contributed by atoms with Crippen LogP contribution in [-0.4, -0.2) is 19.4 Å². The van der Waals surface area contributed by atoms with Gasteiger partial charge in [-0.2, -0.15) is 0 Å². The lowest BCUT2D eigenvalue weighted by molar-refractivity contribution is 0.102. The van der Waals surface area contributed by atoms with Crippen LogP contribution in [0.5, 0.6) is 5.75 Å². The highest BCUT2D eigenvalue weighted by Gasteiger charge is 2.18. The van der Waals surface area contributed by atoms with E-state index in [4.69, 9.17) is 5.14 Å². The van der Waals surface area contributed by atoms with Crippen LogP contribution in [0.15, 0.2) is 47.4 Å². The first-order valence-electron chi connectivity index (χ1n) is 5.71. The monoisotopic (exact) mass is 310 g/mol. The maximum absolute atomic E-state index is 13.2. The lowest BCUT2D eigenvalue weighted by Gasteiger charge is -2.10. The van der Waals surface area contributed by atoms with Crippen molar-refractivity contribution in [1.29, 1.82) is 0 Å². The number of primary sulfonamides is 1. The molecule has 1 amide bonds. The summed E-state index contributed by atoms with van der Waals surface area (Å²) in [6, 6.07) is 8.35. The van der Waals surface area contributed by atoms with Gasteiger partial charge in [0, 0.05) is 0 Å². The summed E-state index contributed by atoms with van der Waals surface area (Å²) in [7, 11) is -4.13. The molecule has 0 aromatic heterocycles. The van der Waals surface area contributed by atoms with Crippen molar-refractivity contribution < 1.29 is 22.7 Å². The fourth-order valence-corrected chi connectivity index (χ4v) is 2.38. The number of carbonyl (C=O) groups is 1. The van der Waals surface area contributed by atoms with Crippen molar-refractivity contribution in [3.05, 3.63) is 53.8 Å².